The van der Waals surface area contributed by atoms with E-state index in [4.69, 9.17) is 18.0 Å². The van der Waals surface area contributed by atoms with Crippen LogP contribution >= 0.6 is 0 Å². The van der Waals surface area contributed by atoms with Crippen molar-refractivity contribution in [3.63, 3.8) is 0 Å². The van der Waals surface area contributed by atoms with Crippen LogP contribution in [-0.2, 0) is 27.6 Å². The summed E-state index contributed by atoms with van der Waals surface area (Å²) in [5.41, 5.74) is -1.80. The first kappa shape index (κ1) is 34.1. The SMILES string of the molecule is CO[Si](OC)(OC)C(CC(C)(C)C(C)(C)C(C)(CC(C)(C)C)C(=O)OCCN1CCCC1=O)C(C)(C)C. The van der Waals surface area contributed by atoms with Crippen molar-refractivity contribution in [3.05, 3.63) is 0 Å². The molecule has 1 aliphatic heterocycles. The Kier molecular flexibility index (Phi) is 11.1. The van der Waals surface area contributed by atoms with Crippen LogP contribution in [0.15, 0.2) is 0 Å². The third kappa shape index (κ3) is 7.58. The predicted molar refractivity (Wildman–Crippen MR) is 151 cm³/mol. The Morgan fingerprint density at radius 1 is 0.919 bits per heavy atom. The van der Waals surface area contributed by atoms with Crippen LogP contribution in [0.25, 0.3) is 0 Å². The topological polar surface area (TPSA) is 74.3 Å². The summed E-state index contributed by atoms with van der Waals surface area (Å²) in [6, 6.07) is 0. The molecule has 0 aromatic rings. The van der Waals surface area contributed by atoms with E-state index in [9.17, 15) is 9.59 Å². The molecule has 0 saturated carbocycles. The number of nitrogens with zero attached hydrogens (tertiary/aromatic N) is 1. The standard InChI is InChI=1S/C29H57NO6Si/c1-25(2,3)21-29(11,24(32)36-19-18-30-17-15-16-23(30)31)28(9,10)27(7,8)20-22(26(4,5)6)37(33-12,34-13)35-14/h22H,15-21H2,1-14H3. The van der Waals surface area contributed by atoms with Crippen molar-refractivity contribution in [1.29, 1.82) is 0 Å². The molecule has 0 aliphatic carbocycles. The molecule has 1 amide bonds. The van der Waals surface area contributed by atoms with Gasteiger partial charge >= 0.3 is 14.8 Å². The number of carbonyl (C=O) groups excluding carboxylic acids is 2. The second-order valence-electron chi connectivity index (χ2n) is 14.5. The van der Waals surface area contributed by atoms with Gasteiger partial charge < -0.3 is 22.9 Å². The number of ether oxygens (including phenoxy) is 1. The summed E-state index contributed by atoms with van der Waals surface area (Å²) in [4.78, 5) is 27.8. The molecule has 218 valence electrons. The summed E-state index contributed by atoms with van der Waals surface area (Å²) in [5.74, 6) is -0.0570. The van der Waals surface area contributed by atoms with Gasteiger partial charge in [-0.05, 0) is 47.8 Å². The number of carbonyl (C=O) groups is 2. The van der Waals surface area contributed by atoms with Crippen molar-refractivity contribution >= 4 is 20.7 Å². The molecule has 0 aromatic carbocycles. The molecule has 0 aromatic heterocycles. The van der Waals surface area contributed by atoms with Crippen molar-refractivity contribution in [3.8, 4) is 0 Å². The third-order valence-electron chi connectivity index (χ3n) is 9.21. The molecule has 2 atom stereocenters. The number of hydrogen-bond acceptors (Lipinski definition) is 6. The fourth-order valence-corrected chi connectivity index (χ4v) is 9.28. The average molecular weight is 544 g/mol. The Hall–Kier alpha value is -0.963. The normalized spacial score (nSPS) is 18.6. The first-order valence-electron chi connectivity index (χ1n) is 13.7. The van der Waals surface area contributed by atoms with Crippen LogP contribution in [0.3, 0.4) is 0 Å². The van der Waals surface area contributed by atoms with E-state index in [0.29, 0.717) is 19.4 Å². The van der Waals surface area contributed by atoms with Gasteiger partial charge in [-0.3, -0.25) is 9.59 Å². The van der Waals surface area contributed by atoms with Gasteiger partial charge in [-0.25, -0.2) is 0 Å². The molecule has 1 fully saturated rings. The quantitative estimate of drug-likeness (QED) is 0.200. The Balaban J connectivity index is 3.39. The number of esters is 1. The molecule has 0 radical (unpaired) electrons. The minimum absolute atomic E-state index is 0.00496. The minimum atomic E-state index is -3.00. The zero-order chi connectivity index (χ0) is 29.1. The molecule has 1 saturated heterocycles. The second-order valence-corrected chi connectivity index (χ2v) is 17.7. The highest BCUT2D eigenvalue weighted by Crippen LogP contribution is 2.61. The number of rotatable bonds is 13. The van der Waals surface area contributed by atoms with Crippen molar-refractivity contribution in [1.82, 2.24) is 4.90 Å². The summed E-state index contributed by atoms with van der Waals surface area (Å²) in [7, 11) is 2.01. The Labute approximate surface area is 228 Å². The highest BCUT2D eigenvalue weighted by atomic mass is 28.4. The summed E-state index contributed by atoms with van der Waals surface area (Å²) in [6.45, 7) is 25.4. The molecule has 0 N–H and O–H groups in total. The van der Waals surface area contributed by atoms with Crippen LogP contribution in [0.1, 0.15) is 102 Å². The fourth-order valence-electron chi connectivity index (χ4n) is 6.11. The first-order chi connectivity index (χ1) is 16.6. The van der Waals surface area contributed by atoms with Crippen LogP contribution in [-0.4, -0.2) is 66.6 Å². The van der Waals surface area contributed by atoms with Gasteiger partial charge in [0.2, 0.25) is 5.91 Å². The lowest BCUT2D eigenvalue weighted by molar-refractivity contribution is -0.175. The van der Waals surface area contributed by atoms with Crippen molar-refractivity contribution in [2.45, 2.75) is 107 Å². The van der Waals surface area contributed by atoms with E-state index < -0.39 is 19.6 Å². The summed E-state index contributed by atoms with van der Waals surface area (Å²) in [5, 5.41) is 0. The van der Waals surface area contributed by atoms with E-state index in [1.54, 1.807) is 26.2 Å². The lowest BCUT2D eigenvalue weighted by atomic mass is 9.49. The molecule has 37 heavy (non-hydrogen) atoms. The molecule has 1 heterocycles. The molecule has 0 spiro atoms. The summed E-state index contributed by atoms with van der Waals surface area (Å²) in [6.07, 6.45) is 2.88. The smallest absolute Gasteiger partial charge is 0.463 e. The van der Waals surface area contributed by atoms with Crippen molar-refractivity contribution < 1.29 is 27.6 Å². The molecule has 8 heteroatoms. The van der Waals surface area contributed by atoms with Gasteiger partial charge in [-0.15, -0.1) is 0 Å². The monoisotopic (exact) mass is 543 g/mol. The van der Waals surface area contributed by atoms with Crippen LogP contribution in [0, 0.1) is 27.1 Å². The average Bonchev–Trinajstić information content (AvgIpc) is 3.16. The van der Waals surface area contributed by atoms with Gasteiger partial charge in [0.05, 0.1) is 12.0 Å². The van der Waals surface area contributed by atoms with Crippen molar-refractivity contribution in [2.75, 3.05) is 41.0 Å². The van der Waals surface area contributed by atoms with Gasteiger partial charge in [0.15, 0.2) is 0 Å². The van der Waals surface area contributed by atoms with Gasteiger partial charge in [0, 0.05) is 39.8 Å². The second kappa shape index (κ2) is 12.1. The summed E-state index contributed by atoms with van der Waals surface area (Å²) >= 11 is 0. The maximum atomic E-state index is 13.9. The zero-order valence-electron chi connectivity index (χ0n) is 26.4. The van der Waals surface area contributed by atoms with Gasteiger partial charge in [0.25, 0.3) is 0 Å². The Morgan fingerprint density at radius 2 is 1.43 bits per heavy atom. The maximum absolute atomic E-state index is 13.9. The molecule has 1 rings (SSSR count). The molecular weight excluding hydrogens is 486 g/mol. The van der Waals surface area contributed by atoms with Gasteiger partial charge in [-0.1, -0.05) is 69.2 Å². The lowest BCUT2D eigenvalue weighted by Gasteiger charge is -2.56. The highest BCUT2D eigenvalue weighted by Gasteiger charge is 2.61. The largest absolute Gasteiger partial charge is 0.503 e. The van der Waals surface area contributed by atoms with E-state index in [1.165, 1.54) is 0 Å². The van der Waals surface area contributed by atoms with Crippen LogP contribution in [0.4, 0.5) is 0 Å². The predicted octanol–water partition coefficient (Wildman–Crippen LogP) is 6.33. The zero-order valence-corrected chi connectivity index (χ0v) is 27.4. The molecule has 7 nitrogen and oxygen atoms in total. The number of likely N-dealkylation sites (tertiary alicyclic amines) is 1. The van der Waals surface area contributed by atoms with Crippen LogP contribution in [0.2, 0.25) is 5.54 Å². The Morgan fingerprint density at radius 3 is 1.81 bits per heavy atom. The van der Waals surface area contributed by atoms with Crippen LogP contribution < -0.4 is 0 Å². The van der Waals surface area contributed by atoms with E-state index in [0.717, 1.165) is 19.4 Å². The summed E-state index contributed by atoms with van der Waals surface area (Å²) < 4.78 is 23.9. The van der Waals surface area contributed by atoms with E-state index in [-0.39, 0.29) is 40.3 Å². The number of hydrogen-bond donors (Lipinski definition) is 0. The first-order valence-corrected chi connectivity index (χ1v) is 15.5. The molecule has 0 bridgehead atoms. The van der Waals surface area contributed by atoms with E-state index in [1.807, 2.05) is 0 Å². The third-order valence-corrected chi connectivity index (χ3v) is 12.8. The molecule has 2 unspecified atom stereocenters. The van der Waals surface area contributed by atoms with Gasteiger partial charge in [0.1, 0.15) is 6.61 Å². The lowest BCUT2D eigenvalue weighted by Crippen LogP contribution is -2.57. The number of amides is 1. The minimum Gasteiger partial charge on any atom is -0.463 e. The van der Waals surface area contributed by atoms with Gasteiger partial charge in [-0.2, -0.15) is 0 Å². The van der Waals surface area contributed by atoms with E-state index in [2.05, 4.69) is 76.2 Å². The Bertz CT molecular complexity index is 770. The fraction of sp³-hybridized carbons (Fsp3) is 0.931. The maximum Gasteiger partial charge on any atom is 0.503 e. The van der Waals surface area contributed by atoms with E-state index >= 15 is 0 Å². The molecule has 1 aliphatic rings. The molecular formula is C29H57NO6Si. The highest BCUT2D eigenvalue weighted by molar-refractivity contribution is 6.62. The van der Waals surface area contributed by atoms with Crippen molar-refractivity contribution in [2.24, 2.45) is 27.1 Å². The van der Waals surface area contributed by atoms with Crippen LogP contribution in [0.5, 0.6) is 0 Å².